The molecule has 3 heteroatoms. The van der Waals surface area contributed by atoms with Crippen molar-refractivity contribution in [3.8, 4) is 0 Å². The first-order chi connectivity index (χ1) is 10.1. The van der Waals surface area contributed by atoms with Crippen LogP contribution in [0, 0.1) is 0 Å². The molecule has 3 aromatic carbocycles. The molecule has 0 radical (unpaired) electrons. The lowest BCUT2D eigenvalue weighted by Crippen LogP contribution is -2.15. The number of carboxylic acids is 1. The highest BCUT2D eigenvalue weighted by Gasteiger charge is 2.13. The van der Waals surface area contributed by atoms with E-state index in [-0.39, 0.29) is 6.42 Å². The predicted molar refractivity (Wildman–Crippen MR) is 83.4 cm³/mol. The lowest BCUT2D eigenvalue weighted by molar-refractivity contribution is -0.139. The molecule has 0 amide bonds. The van der Waals surface area contributed by atoms with E-state index in [2.05, 4.69) is 12.1 Å². The second kappa shape index (κ2) is 5.54. The summed E-state index contributed by atoms with van der Waals surface area (Å²) in [6.45, 7) is 0. The number of benzene rings is 3. The van der Waals surface area contributed by atoms with Crippen LogP contribution in [0.1, 0.15) is 12.0 Å². The van der Waals surface area contributed by atoms with Crippen molar-refractivity contribution in [2.45, 2.75) is 18.9 Å². The maximum atomic E-state index is 10.7. The summed E-state index contributed by atoms with van der Waals surface area (Å²) in [6.07, 6.45) is -0.759. The molecule has 0 aromatic heterocycles. The predicted octanol–water partition coefficient (Wildman–Crippen LogP) is 3.37. The fourth-order valence-corrected chi connectivity index (χ4v) is 2.83. The summed E-state index contributed by atoms with van der Waals surface area (Å²) in [5, 5.41) is 23.2. The van der Waals surface area contributed by atoms with E-state index in [0.29, 0.717) is 6.42 Å². The SMILES string of the molecule is O=C(O)C[C@H](O)Cc1cc2ccccc2c2ccccc12. The van der Waals surface area contributed by atoms with Gasteiger partial charge in [-0.3, -0.25) is 4.79 Å². The van der Waals surface area contributed by atoms with Crippen molar-refractivity contribution in [1.82, 2.24) is 0 Å². The van der Waals surface area contributed by atoms with Gasteiger partial charge in [0.15, 0.2) is 0 Å². The van der Waals surface area contributed by atoms with E-state index < -0.39 is 12.1 Å². The maximum Gasteiger partial charge on any atom is 0.305 e. The van der Waals surface area contributed by atoms with Crippen LogP contribution in [0.4, 0.5) is 0 Å². The lowest BCUT2D eigenvalue weighted by atomic mass is 9.94. The van der Waals surface area contributed by atoms with Gasteiger partial charge in [-0.2, -0.15) is 0 Å². The third-order valence-electron chi connectivity index (χ3n) is 3.72. The van der Waals surface area contributed by atoms with Gasteiger partial charge in [-0.05, 0) is 33.5 Å². The zero-order valence-corrected chi connectivity index (χ0v) is 11.5. The quantitative estimate of drug-likeness (QED) is 0.720. The van der Waals surface area contributed by atoms with Gasteiger partial charge in [0.25, 0.3) is 0 Å². The van der Waals surface area contributed by atoms with E-state index in [9.17, 15) is 9.90 Å². The Morgan fingerprint density at radius 1 is 0.952 bits per heavy atom. The highest BCUT2D eigenvalue weighted by atomic mass is 16.4. The van der Waals surface area contributed by atoms with Gasteiger partial charge in [-0.1, -0.05) is 54.6 Å². The van der Waals surface area contributed by atoms with Crippen molar-refractivity contribution in [3.63, 3.8) is 0 Å². The molecule has 0 unspecified atom stereocenters. The minimum absolute atomic E-state index is 0.235. The number of rotatable bonds is 4. The highest BCUT2D eigenvalue weighted by molar-refractivity contribution is 6.08. The minimum Gasteiger partial charge on any atom is -0.481 e. The van der Waals surface area contributed by atoms with Crippen molar-refractivity contribution in [3.05, 3.63) is 60.2 Å². The summed E-state index contributed by atoms with van der Waals surface area (Å²) in [6, 6.07) is 18.2. The third-order valence-corrected chi connectivity index (χ3v) is 3.72. The molecule has 1 atom stereocenters. The van der Waals surface area contributed by atoms with E-state index in [0.717, 1.165) is 21.7 Å². The largest absolute Gasteiger partial charge is 0.481 e. The summed E-state index contributed by atoms with van der Waals surface area (Å²) < 4.78 is 0. The fourth-order valence-electron chi connectivity index (χ4n) is 2.83. The second-order valence-corrected chi connectivity index (χ2v) is 5.26. The van der Waals surface area contributed by atoms with Gasteiger partial charge < -0.3 is 10.2 Å². The number of fused-ring (bicyclic) bond motifs is 3. The molecule has 0 aliphatic rings. The van der Waals surface area contributed by atoms with E-state index in [1.807, 2.05) is 42.5 Å². The maximum absolute atomic E-state index is 10.7. The van der Waals surface area contributed by atoms with Crippen molar-refractivity contribution in [1.29, 1.82) is 0 Å². The van der Waals surface area contributed by atoms with E-state index in [1.54, 1.807) is 0 Å². The zero-order valence-electron chi connectivity index (χ0n) is 11.5. The van der Waals surface area contributed by atoms with Gasteiger partial charge in [0.1, 0.15) is 0 Å². The molecule has 0 aliphatic carbocycles. The number of hydrogen-bond acceptors (Lipinski definition) is 2. The van der Waals surface area contributed by atoms with Crippen molar-refractivity contribution < 1.29 is 15.0 Å². The van der Waals surface area contributed by atoms with Gasteiger partial charge in [0.2, 0.25) is 0 Å². The van der Waals surface area contributed by atoms with Crippen LogP contribution in [0.2, 0.25) is 0 Å². The summed E-state index contributed by atoms with van der Waals surface area (Å²) >= 11 is 0. The molecule has 2 N–H and O–H groups in total. The summed E-state index contributed by atoms with van der Waals surface area (Å²) in [5.74, 6) is -0.979. The Balaban J connectivity index is 2.14. The van der Waals surface area contributed by atoms with Gasteiger partial charge in [-0.15, -0.1) is 0 Å². The third kappa shape index (κ3) is 2.73. The molecule has 0 saturated carbocycles. The number of hydrogen-bond donors (Lipinski definition) is 2. The second-order valence-electron chi connectivity index (χ2n) is 5.26. The van der Waals surface area contributed by atoms with Crippen molar-refractivity contribution in [2.75, 3.05) is 0 Å². The van der Waals surface area contributed by atoms with E-state index in [1.165, 1.54) is 5.39 Å². The Hall–Kier alpha value is -2.39. The van der Waals surface area contributed by atoms with Gasteiger partial charge in [0, 0.05) is 0 Å². The Kier molecular flexibility index (Phi) is 3.59. The smallest absolute Gasteiger partial charge is 0.305 e. The van der Waals surface area contributed by atoms with Crippen LogP contribution in [0.15, 0.2) is 54.6 Å². The Bertz CT molecular complexity index is 808. The summed E-state index contributed by atoms with van der Waals surface area (Å²) in [5.41, 5.74) is 0.984. The average Bonchev–Trinajstić information content (AvgIpc) is 2.46. The number of carboxylic acid groups (broad SMARTS) is 1. The number of aliphatic hydroxyl groups is 1. The molecule has 0 aliphatic heterocycles. The molecular formula is C18H16O3. The van der Waals surface area contributed by atoms with Crippen LogP contribution < -0.4 is 0 Å². The van der Waals surface area contributed by atoms with Crippen LogP contribution in [0.3, 0.4) is 0 Å². The molecular weight excluding hydrogens is 264 g/mol. The first-order valence-corrected chi connectivity index (χ1v) is 6.94. The molecule has 3 rings (SSSR count). The number of carbonyl (C=O) groups is 1. The topological polar surface area (TPSA) is 57.5 Å². The van der Waals surface area contributed by atoms with Crippen LogP contribution in [0.5, 0.6) is 0 Å². The van der Waals surface area contributed by atoms with Gasteiger partial charge >= 0.3 is 5.97 Å². The molecule has 3 nitrogen and oxygen atoms in total. The van der Waals surface area contributed by atoms with E-state index >= 15 is 0 Å². The molecule has 106 valence electrons. The molecule has 0 saturated heterocycles. The normalized spacial score (nSPS) is 12.6. The van der Waals surface area contributed by atoms with Crippen LogP contribution in [-0.4, -0.2) is 22.3 Å². The minimum atomic E-state index is -0.979. The number of aliphatic carboxylic acids is 1. The average molecular weight is 280 g/mol. The molecule has 0 bridgehead atoms. The van der Waals surface area contributed by atoms with Crippen molar-refractivity contribution in [2.24, 2.45) is 0 Å². The molecule has 21 heavy (non-hydrogen) atoms. The van der Waals surface area contributed by atoms with Crippen molar-refractivity contribution >= 4 is 27.5 Å². The monoisotopic (exact) mass is 280 g/mol. The standard InChI is InChI=1S/C18H16O3/c19-14(11-18(20)21)10-13-9-12-5-1-2-6-15(12)17-8-4-3-7-16(13)17/h1-9,14,19H,10-11H2,(H,20,21)/t14-/m1/s1. The van der Waals surface area contributed by atoms with Gasteiger partial charge in [0.05, 0.1) is 12.5 Å². The van der Waals surface area contributed by atoms with E-state index in [4.69, 9.17) is 5.11 Å². The van der Waals surface area contributed by atoms with Crippen LogP contribution in [-0.2, 0) is 11.2 Å². The van der Waals surface area contributed by atoms with Crippen LogP contribution in [0.25, 0.3) is 21.5 Å². The lowest BCUT2D eigenvalue weighted by Gasteiger charge is -2.13. The van der Waals surface area contributed by atoms with Crippen LogP contribution >= 0.6 is 0 Å². The highest BCUT2D eigenvalue weighted by Crippen LogP contribution is 2.29. The zero-order chi connectivity index (χ0) is 14.8. The summed E-state index contributed by atoms with van der Waals surface area (Å²) in [7, 11) is 0. The van der Waals surface area contributed by atoms with Gasteiger partial charge in [-0.25, -0.2) is 0 Å². The number of aliphatic hydroxyl groups excluding tert-OH is 1. The molecule has 0 spiro atoms. The Morgan fingerprint density at radius 3 is 2.29 bits per heavy atom. The molecule has 3 aromatic rings. The first kappa shape index (κ1) is 13.6. The fraction of sp³-hybridized carbons (Fsp3) is 0.167. The Labute approximate surface area is 122 Å². The Morgan fingerprint density at radius 2 is 1.57 bits per heavy atom. The first-order valence-electron chi connectivity index (χ1n) is 6.94. The molecule has 0 heterocycles. The summed E-state index contributed by atoms with van der Waals surface area (Å²) in [4.78, 5) is 10.7. The molecule has 0 fully saturated rings.